The van der Waals surface area contributed by atoms with Gasteiger partial charge in [0.1, 0.15) is 5.76 Å². The van der Waals surface area contributed by atoms with E-state index < -0.39 is 11.9 Å². The predicted octanol–water partition coefficient (Wildman–Crippen LogP) is 4.85. The van der Waals surface area contributed by atoms with Crippen molar-refractivity contribution in [1.82, 2.24) is 0 Å². The van der Waals surface area contributed by atoms with Crippen LogP contribution in [0.15, 0.2) is 30.3 Å². The Balaban J connectivity index is 0.000000261. The molecule has 1 aliphatic heterocycles. The molecule has 1 heterocycles. The molecule has 2 N–H and O–H groups in total. The van der Waals surface area contributed by atoms with Crippen molar-refractivity contribution in [2.45, 2.75) is 34.1 Å². The Morgan fingerprint density at radius 2 is 1.33 bits per heavy atom. The van der Waals surface area contributed by atoms with Crippen LogP contribution in [0.4, 0.5) is 11.4 Å². The number of hydrogen-bond donors (Lipinski definition) is 2. The minimum absolute atomic E-state index is 0.217. The molecule has 192 valence electrons. The van der Waals surface area contributed by atoms with Crippen molar-refractivity contribution in [1.29, 1.82) is 0 Å². The minimum atomic E-state index is -0.492. The molecule has 0 saturated heterocycles. The average Bonchev–Trinajstić information content (AvgIpc) is 3.35. The molecule has 0 bridgehead atoms. The molecule has 0 radical (unpaired) electrons. The van der Waals surface area contributed by atoms with Gasteiger partial charge in [0.15, 0.2) is 0 Å². The highest BCUT2D eigenvalue weighted by molar-refractivity contribution is 14.1. The summed E-state index contributed by atoms with van der Waals surface area (Å²) in [7, 11) is 2.62. The van der Waals surface area contributed by atoms with Gasteiger partial charge < -0.3 is 24.8 Å². The van der Waals surface area contributed by atoms with E-state index in [4.69, 9.17) is 9.47 Å². The van der Waals surface area contributed by atoms with Gasteiger partial charge in [-0.05, 0) is 77.9 Å². The van der Waals surface area contributed by atoms with Crippen molar-refractivity contribution in [3.8, 4) is 0 Å². The second-order valence-electron chi connectivity index (χ2n) is 7.91. The highest BCUT2D eigenvalue weighted by Gasteiger charge is 2.19. The molecule has 2 amide bonds. The molecular weight excluding hydrogens is 579 g/mol. The van der Waals surface area contributed by atoms with Crippen LogP contribution in [0.5, 0.6) is 0 Å². The summed E-state index contributed by atoms with van der Waals surface area (Å²) in [5.74, 6) is -0.637. The summed E-state index contributed by atoms with van der Waals surface area (Å²) in [5.41, 5.74) is 4.39. The highest BCUT2D eigenvalue weighted by atomic mass is 127. The summed E-state index contributed by atoms with van der Waals surface area (Å²) in [6, 6.07) is 6.91. The maximum absolute atomic E-state index is 11.9. The fraction of sp³-hybridized carbons (Fsp3) is 0.308. The molecule has 0 atom stereocenters. The van der Waals surface area contributed by atoms with Crippen LogP contribution in [0.25, 0.3) is 5.76 Å². The number of carbonyl (C=O) groups excluding carboxylic acids is 4. The summed E-state index contributed by atoms with van der Waals surface area (Å²) in [6.45, 7) is 7.26. The number of anilines is 2. The van der Waals surface area contributed by atoms with E-state index in [0.29, 0.717) is 29.1 Å². The number of esters is 2. The lowest BCUT2D eigenvalue weighted by molar-refractivity contribution is -0.115. The Bertz CT molecular complexity index is 1220. The smallest absolute Gasteiger partial charge is 0.340 e. The zero-order valence-corrected chi connectivity index (χ0v) is 23.2. The van der Waals surface area contributed by atoms with Gasteiger partial charge in [-0.3, -0.25) is 9.59 Å². The van der Waals surface area contributed by atoms with Crippen LogP contribution < -0.4 is 10.6 Å². The zero-order chi connectivity index (χ0) is 27.0. The van der Waals surface area contributed by atoms with E-state index in [-0.39, 0.29) is 11.8 Å². The Morgan fingerprint density at radius 1 is 0.833 bits per heavy atom. The molecule has 2 aromatic carbocycles. The van der Waals surface area contributed by atoms with E-state index in [1.54, 1.807) is 24.3 Å². The molecule has 0 aliphatic carbocycles. The van der Waals surface area contributed by atoms with Crippen LogP contribution in [0, 0.1) is 17.4 Å². The first-order chi connectivity index (χ1) is 17.0. The number of hydrogen-bond acceptors (Lipinski definition) is 7. The van der Waals surface area contributed by atoms with Gasteiger partial charge in [-0.2, -0.15) is 0 Å². The van der Waals surface area contributed by atoms with Gasteiger partial charge in [-0.25, -0.2) is 9.59 Å². The number of benzene rings is 2. The molecule has 0 saturated carbocycles. The van der Waals surface area contributed by atoms with E-state index in [2.05, 4.69) is 38.0 Å². The zero-order valence-electron chi connectivity index (χ0n) is 21.0. The first-order valence-corrected chi connectivity index (χ1v) is 12.1. The molecule has 36 heavy (non-hydrogen) atoms. The van der Waals surface area contributed by atoms with E-state index in [1.807, 2.05) is 19.9 Å². The van der Waals surface area contributed by atoms with Crippen LogP contribution in [-0.4, -0.2) is 44.6 Å². The SMILES string of the molecule is COC(=O)c1cc(C2=CCCO2)c(C)cc1NC(C)=O.COC(=O)c1cc(I)c(C)cc1NC(C)=O. The van der Waals surface area contributed by atoms with E-state index in [9.17, 15) is 19.2 Å². The molecule has 9 nitrogen and oxygen atoms in total. The predicted molar refractivity (Wildman–Crippen MR) is 145 cm³/mol. The standard InChI is InChI=1S/C15H17NO4.C11H12INO3/c1-9-7-13(16-10(2)17)12(15(18)19-3)8-11(9)14-5-4-6-20-14;1-6-4-10(13-7(2)14)8(5-9(6)12)11(15)16-3/h5,7-8H,4,6H2,1-3H3,(H,16,17);4-5H,1-3H3,(H,13,14). The van der Waals surface area contributed by atoms with Crippen molar-refractivity contribution < 1.29 is 33.4 Å². The number of methoxy groups -OCH3 is 2. The molecular formula is C26H29IN2O7. The first-order valence-electron chi connectivity index (χ1n) is 11.0. The van der Waals surface area contributed by atoms with Gasteiger partial charge >= 0.3 is 11.9 Å². The monoisotopic (exact) mass is 608 g/mol. The molecule has 10 heteroatoms. The average molecular weight is 608 g/mol. The molecule has 2 aromatic rings. The van der Waals surface area contributed by atoms with Crippen LogP contribution in [-0.2, 0) is 23.8 Å². The van der Waals surface area contributed by atoms with Crippen molar-refractivity contribution in [3.63, 3.8) is 0 Å². The first kappa shape index (κ1) is 28.8. The number of rotatable bonds is 5. The van der Waals surface area contributed by atoms with Crippen molar-refractivity contribution in [2.75, 3.05) is 31.5 Å². The number of halogens is 1. The van der Waals surface area contributed by atoms with Gasteiger partial charge in [-0.15, -0.1) is 0 Å². The molecule has 0 aromatic heterocycles. The molecule has 1 aliphatic rings. The number of amides is 2. The second-order valence-corrected chi connectivity index (χ2v) is 9.07. The van der Waals surface area contributed by atoms with Crippen LogP contribution in [0.3, 0.4) is 0 Å². The summed E-state index contributed by atoms with van der Waals surface area (Å²) < 4.78 is 15.9. The lowest BCUT2D eigenvalue weighted by atomic mass is 10.0. The summed E-state index contributed by atoms with van der Waals surface area (Å²) in [6.07, 6.45) is 2.84. The fourth-order valence-corrected chi connectivity index (χ4v) is 3.87. The molecule has 0 spiro atoms. The fourth-order valence-electron chi connectivity index (χ4n) is 3.40. The molecule has 3 rings (SSSR count). The maximum atomic E-state index is 11.9. The molecule has 0 fully saturated rings. The quantitative estimate of drug-likeness (QED) is 0.368. The third-order valence-corrected chi connectivity index (χ3v) is 6.23. The maximum Gasteiger partial charge on any atom is 0.340 e. The summed E-state index contributed by atoms with van der Waals surface area (Å²) >= 11 is 2.13. The van der Waals surface area contributed by atoms with Crippen LogP contribution in [0.2, 0.25) is 0 Å². The largest absolute Gasteiger partial charge is 0.493 e. The number of aryl methyl sites for hydroxylation is 2. The van der Waals surface area contributed by atoms with Gasteiger partial charge in [0.05, 0.1) is 43.3 Å². The van der Waals surface area contributed by atoms with E-state index in [0.717, 1.165) is 32.4 Å². The van der Waals surface area contributed by atoms with Crippen molar-refractivity contribution >= 4 is 63.5 Å². The Hall–Kier alpha value is -3.41. The summed E-state index contributed by atoms with van der Waals surface area (Å²) in [5, 5.41) is 5.26. The second kappa shape index (κ2) is 13.1. The lowest BCUT2D eigenvalue weighted by Crippen LogP contribution is -2.13. The minimum Gasteiger partial charge on any atom is -0.493 e. The number of ether oxygens (including phenoxy) is 3. The third-order valence-electron chi connectivity index (χ3n) is 5.07. The Kier molecular flexibility index (Phi) is 10.5. The van der Waals surface area contributed by atoms with Gasteiger partial charge in [0, 0.05) is 29.4 Å². The van der Waals surface area contributed by atoms with Gasteiger partial charge in [0.2, 0.25) is 11.8 Å². The lowest BCUT2D eigenvalue weighted by Gasteiger charge is -2.14. The van der Waals surface area contributed by atoms with Gasteiger partial charge in [-0.1, -0.05) is 0 Å². The van der Waals surface area contributed by atoms with Crippen molar-refractivity contribution in [3.05, 3.63) is 61.7 Å². The number of carbonyl (C=O) groups is 4. The van der Waals surface area contributed by atoms with E-state index >= 15 is 0 Å². The topological polar surface area (TPSA) is 120 Å². The third kappa shape index (κ3) is 7.54. The van der Waals surface area contributed by atoms with Gasteiger partial charge in [0.25, 0.3) is 0 Å². The van der Waals surface area contributed by atoms with E-state index in [1.165, 1.54) is 28.1 Å². The Labute approximate surface area is 223 Å². The summed E-state index contributed by atoms with van der Waals surface area (Å²) in [4.78, 5) is 45.6. The molecule has 0 unspecified atom stereocenters. The van der Waals surface area contributed by atoms with Crippen molar-refractivity contribution in [2.24, 2.45) is 0 Å². The Morgan fingerprint density at radius 3 is 1.78 bits per heavy atom. The number of nitrogens with one attached hydrogen (secondary N) is 2. The highest BCUT2D eigenvalue weighted by Crippen LogP contribution is 2.30. The van der Waals surface area contributed by atoms with Crippen LogP contribution >= 0.6 is 22.6 Å². The van der Waals surface area contributed by atoms with Crippen LogP contribution in [0.1, 0.15) is 57.7 Å². The normalized spacial score (nSPS) is 11.8.